The molecule has 80 valence electrons. The van der Waals surface area contributed by atoms with E-state index in [1.807, 2.05) is 0 Å². The van der Waals surface area contributed by atoms with Crippen molar-refractivity contribution in [3.8, 4) is 0 Å². The third kappa shape index (κ3) is 3.21. The summed E-state index contributed by atoms with van der Waals surface area (Å²) in [7, 11) is 1.27. The van der Waals surface area contributed by atoms with Crippen LogP contribution in [0.3, 0.4) is 0 Å². The highest BCUT2D eigenvalue weighted by Gasteiger charge is 2.16. The second kappa shape index (κ2) is 5.43. The van der Waals surface area contributed by atoms with Crippen LogP contribution in [-0.2, 0) is 9.53 Å². The van der Waals surface area contributed by atoms with Gasteiger partial charge in [-0.25, -0.2) is 4.79 Å². The molecule has 0 atom stereocenters. The van der Waals surface area contributed by atoms with E-state index >= 15 is 0 Å². The first-order valence-electron chi connectivity index (χ1n) is 4.54. The zero-order valence-corrected chi connectivity index (χ0v) is 8.21. The van der Waals surface area contributed by atoms with Crippen LogP contribution in [0, 0.1) is 0 Å². The average molecular weight is 201 g/mol. The summed E-state index contributed by atoms with van der Waals surface area (Å²) >= 11 is 0. The van der Waals surface area contributed by atoms with Crippen molar-refractivity contribution in [1.29, 1.82) is 0 Å². The molecule has 0 spiro atoms. The second-order valence-electron chi connectivity index (χ2n) is 2.98. The lowest BCUT2D eigenvalue weighted by atomic mass is 10.3. The topological polar surface area (TPSA) is 70.7 Å². The first-order valence-corrected chi connectivity index (χ1v) is 4.54. The van der Waals surface area contributed by atoms with Crippen molar-refractivity contribution in [2.75, 3.05) is 39.8 Å². The Morgan fingerprint density at radius 3 is 2.64 bits per heavy atom. The van der Waals surface area contributed by atoms with E-state index in [4.69, 9.17) is 0 Å². The Morgan fingerprint density at radius 1 is 1.43 bits per heavy atom. The summed E-state index contributed by atoms with van der Waals surface area (Å²) in [4.78, 5) is 23.8. The van der Waals surface area contributed by atoms with Gasteiger partial charge in [-0.2, -0.15) is 0 Å². The molecule has 0 radical (unpaired) electrons. The average Bonchev–Trinajstić information content (AvgIpc) is 2.26. The maximum Gasteiger partial charge on any atom is 0.407 e. The predicted molar refractivity (Wildman–Crippen MR) is 49.9 cm³/mol. The molecule has 14 heavy (non-hydrogen) atoms. The smallest absolute Gasteiger partial charge is 0.407 e. The zero-order valence-electron chi connectivity index (χ0n) is 8.21. The van der Waals surface area contributed by atoms with Crippen LogP contribution >= 0.6 is 0 Å². The fourth-order valence-corrected chi connectivity index (χ4v) is 1.25. The van der Waals surface area contributed by atoms with Crippen molar-refractivity contribution in [3.05, 3.63) is 0 Å². The Bertz CT molecular complexity index is 214. The molecule has 1 saturated heterocycles. The van der Waals surface area contributed by atoms with Crippen molar-refractivity contribution in [2.45, 2.75) is 0 Å². The number of hydrogen-bond acceptors (Lipinski definition) is 4. The molecule has 0 saturated carbocycles. The SMILES string of the molecule is COC(=O)NCC(=O)N1CCNCC1. The van der Waals surface area contributed by atoms with Gasteiger partial charge >= 0.3 is 6.09 Å². The molecule has 1 aliphatic rings. The molecule has 1 aliphatic heterocycles. The molecule has 0 aromatic heterocycles. The summed E-state index contributed by atoms with van der Waals surface area (Å²) < 4.78 is 4.35. The van der Waals surface area contributed by atoms with E-state index in [0.29, 0.717) is 13.1 Å². The van der Waals surface area contributed by atoms with Gasteiger partial charge in [0.1, 0.15) is 6.54 Å². The zero-order chi connectivity index (χ0) is 10.4. The van der Waals surface area contributed by atoms with Gasteiger partial charge in [0.25, 0.3) is 0 Å². The van der Waals surface area contributed by atoms with E-state index < -0.39 is 6.09 Å². The molecule has 0 bridgehead atoms. The van der Waals surface area contributed by atoms with Crippen LogP contribution in [0.1, 0.15) is 0 Å². The number of amides is 2. The number of hydrogen-bond donors (Lipinski definition) is 2. The summed E-state index contributed by atoms with van der Waals surface area (Å²) in [6.45, 7) is 3.02. The van der Waals surface area contributed by atoms with Crippen LogP contribution < -0.4 is 10.6 Å². The maximum atomic E-state index is 11.4. The van der Waals surface area contributed by atoms with Gasteiger partial charge in [0.2, 0.25) is 5.91 Å². The number of carbonyl (C=O) groups excluding carboxylic acids is 2. The van der Waals surface area contributed by atoms with Crippen molar-refractivity contribution in [2.24, 2.45) is 0 Å². The number of ether oxygens (including phenoxy) is 1. The molecule has 1 heterocycles. The molecular formula is C8H15N3O3. The maximum absolute atomic E-state index is 11.4. The molecule has 6 heteroatoms. The normalized spacial score (nSPS) is 16.2. The van der Waals surface area contributed by atoms with Gasteiger partial charge in [-0.15, -0.1) is 0 Å². The minimum atomic E-state index is -0.575. The number of alkyl carbamates (subject to hydrolysis) is 1. The summed E-state index contributed by atoms with van der Waals surface area (Å²) in [5.74, 6) is -0.0723. The lowest BCUT2D eigenvalue weighted by Crippen LogP contribution is -2.49. The number of nitrogens with zero attached hydrogens (tertiary/aromatic N) is 1. The van der Waals surface area contributed by atoms with E-state index in [1.54, 1.807) is 4.90 Å². The van der Waals surface area contributed by atoms with E-state index in [9.17, 15) is 9.59 Å². The summed E-state index contributed by atoms with van der Waals surface area (Å²) in [6, 6.07) is 0. The number of rotatable bonds is 2. The second-order valence-corrected chi connectivity index (χ2v) is 2.98. The first-order chi connectivity index (χ1) is 6.74. The predicted octanol–water partition coefficient (Wildman–Crippen LogP) is -1.23. The lowest BCUT2D eigenvalue weighted by Gasteiger charge is -2.27. The van der Waals surface area contributed by atoms with E-state index in [1.165, 1.54) is 7.11 Å². The molecule has 2 N–H and O–H groups in total. The van der Waals surface area contributed by atoms with Gasteiger partial charge < -0.3 is 20.3 Å². The third-order valence-electron chi connectivity index (χ3n) is 2.04. The highest BCUT2D eigenvalue weighted by atomic mass is 16.5. The monoisotopic (exact) mass is 201 g/mol. The minimum absolute atomic E-state index is 0.00662. The van der Waals surface area contributed by atoms with Crippen LogP contribution in [0.15, 0.2) is 0 Å². The lowest BCUT2D eigenvalue weighted by molar-refractivity contribution is -0.130. The van der Waals surface area contributed by atoms with Gasteiger partial charge in [0, 0.05) is 26.2 Å². The van der Waals surface area contributed by atoms with Gasteiger partial charge in [-0.05, 0) is 0 Å². The molecule has 0 aromatic carbocycles. The molecule has 2 amide bonds. The number of nitrogens with one attached hydrogen (secondary N) is 2. The van der Waals surface area contributed by atoms with Gasteiger partial charge in [0.15, 0.2) is 0 Å². The Morgan fingerprint density at radius 2 is 2.07 bits per heavy atom. The van der Waals surface area contributed by atoms with Crippen molar-refractivity contribution < 1.29 is 14.3 Å². The minimum Gasteiger partial charge on any atom is -0.453 e. The quantitative estimate of drug-likeness (QED) is 0.587. The van der Waals surface area contributed by atoms with Crippen molar-refractivity contribution >= 4 is 12.0 Å². The van der Waals surface area contributed by atoms with Crippen molar-refractivity contribution in [1.82, 2.24) is 15.5 Å². The molecule has 0 aliphatic carbocycles. The van der Waals surface area contributed by atoms with Gasteiger partial charge in [0.05, 0.1) is 7.11 Å². The Labute approximate surface area is 82.6 Å². The van der Waals surface area contributed by atoms with E-state index in [2.05, 4.69) is 15.4 Å². The molecular weight excluding hydrogens is 186 g/mol. The Balaban J connectivity index is 2.23. The number of carbonyl (C=O) groups is 2. The molecule has 1 rings (SSSR count). The van der Waals surface area contributed by atoms with E-state index in [0.717, 1.165) is 13.1 Å². The molecule has 1 fully saturated rings. The first kappa shape index (κ1) is 10.8. The van der Waals surface area contributed by atoms with E-state index in [-0.39, 0.29) is 12.5 Å². The van der Waals surface area contributed by atoms with Crippen LogP contribution in [-0.4, -0.2) is 56.7 Å². The Hall–Kier alpha value is -1.30. The van der Waals surface area contributed by atoms with Gasteiger partial charge in [-0.1, -0.05) is 0 Å². The van der Waals surface area contributed by atoms with Crippen LogP contribution in [0.25, 0.3) is 0 Å². The summed E-state index contributed by atoms with van der Waals surface area (Å²) in [5.41, 5.74) is 0. The summed E-state index contributed by atoms with van der Waals surface area (Å²) in [6.07, 6.45) is -0.575. The third-order valence-corrected chi connectivity index (χ3v) is 2.04. The van der Waals surface area contributed by atoms with Crippen molar-refractivity contribution in [3.63, 3.8) is 0 Å². The largest absolute Gasteiger partial charge is 0.453 e. The fourth-order valence-electron chi connectivity index (χ4n) is 1.25. The molecule has 0 unspecified atom stereocenters. The standard InChI is InChI=1S/C8H15N3O3/c1-14-8(13)10-6-7(12)11-4-2-9-3-5-11/h9H,2-6H2,1H3,(H,10,13). The van der Waals surface area contributed by atoms with Gasteiger partial charge in [-0.3, -0.25) is 4.79 Å². The Kier molecular flexibility index (Phi) is 4.18. The van der Waals surface area contributed by atoms with Crippen LogP contribution in [0.2, 0.25) is 0 Å². The molecule has 0 aromatic rings. The summed E-state index contributed by atoms with van der Waals surface area (Å²) in [5, 5.41) is 5.50. The molecule has 6 nitrogen and oxygen atoms in total. The van der Waals surface area contributed by atoms with Crippen LogP contribution in [0.4, 0.5) is 4.79 Å². The fraction of sp³-hybridized carbons (Fsp3) is 0.750. The number of piperazine rings is 1. The van der Waals surface area contributed by atoms with Crippen LogP contribution in [0.5, 0.6) is 0 Å². The number of methoxy groups -OCH3 is 1. The highest BCUT2D eigenvalue weighted by Crippen LogP contribution is 1.92. The highest BCUT2D eigenvalue weighted by molar-refractivity contribution is 5.82.